The van der Waals surface area contributed by atoms with Crippen LogP contribution in [0, 0.1) is 0 Å². The van der Waals surface area contributed by atoms with Crippen LogP contribution in [0.25, 0.3) is 0 Å². The van der Waals surface area contributed by atoms with Gasteiger partial charge in [0.15, 0.2) is 0 Å². The van der Waals surface area contributed by atoms with Crippen LogP contribution in [0.1, 0.15) is 27.2 Å². The smallest absolute Gasteiger partial charge is 0.209 e. The van der Waals surface area contributed by atoms with Crippen LogP contribution in [0.5, 0.6) is 0 Å². The Morgan fingerprint density at radius 2 is 2.17 bits per heavy atom. The monoisotopic (exact) mass is 175 g/mol. The summed E-state index contributed by atoms with van der Waals surface area (Å²) in [7, 11) is 0. The SMILES string of the molecule is CC(C)(C)OC(CCO)NC=O. The number of carbonyl (C=O) groups is 1. The molecule has 12 heavy (non-hydrogen) atoms. The molecule has 0 aromatic heterocycles. The Morgan fingerprint density at radius 1 is 1.58 bits per heavy atom. The molecule has 4 heteroatoms. The second-order valence-electron chi connectivity index (χ2n) is 3.52. The second-order valence-corrected chi connectivity index (χ2v) is 3.52. The summed E-state index contributed by atoms with van der Waals surface area (Å²) < 4.78 is 5.42. The first kappa shape index (κ1) is 11.4. The van der Waals surface area contributed by atoms with Crippen LogP contribution in [0.15, 0.2) is 0 Å². The number of hydrogen-bond acceptors (Lipinski definition) is 3. The lowest BCUT2D eigenvalue weighted by Crippen LogP contribution is -2.38. The molecule has 2 N–H and O–H groups in total. The Hall–Kier alpha value is -0.610. The van der Waals surface area contributed by atoms with Crippen molar-refractivity contribution < 1.29 is 14.6 Å². The summed E-state index contributed by atoms with van der Waals surface area (Å²) in [5, 5.41) is 11.1. The molecule has 0 aliphatic carbocycles. The van der Waals surface area contributed by atoms with E-state index in [0.29, 0.717) is 12.8 Å². The number of aliphatic hydroxyl groups excluding tert-OH is 1. The fourth-order valence-corrected chi connectivity index (χ4v) is 0.796. The Labute approximate surface area is 72.9 Å². The molecular formula is C8H17NO3. The standard InChI is InChI=1S/C8H17NO3/c1-8(2,3)12-7(4-5-10)9-6-11/h6-7,10H,4-5H2,1-3H3,(H,9,11). The van der Waals surface area contributed by atoms with Gasteiger partial charge in [0.05, 0.1) is 5.60 Å². The molecule has 0 saturated heterocycles. The highest BCUT2D eigenvalue weighted by atomic mass is 16.5. The van der Waals surface area contributed by atoms with E-state index in [9.17, 15) is 4.79 Å². The van der Waals surface area contributed by atoms with E-state index in [2.05, 4.69) is 5.32 Å². The molecule has 0 bridgehead atoms. The molecular weight excluding hydrogens is 158 g/mol. The van der Waals surface area contributed by atoms with E-state index in [1.54, 1.807) is 0 Å². The zero-order chi connectivity index (χ0) is 9.61. The van der Waals surface area contributed by atoms with Crippen molar-refractivity contribution >= 4 is 6.41 Å². The summed E-state index contributed by atoms with van der Waals surface area (Å²) >= 11 is 0. The van der Waals surface area contributed by atoms with E-state index in [4.69, 9.17) is 9.84 Å². The largest absolute Gasteiger partial charge is 0.396 e. The van der Waals surface area contributed by atoms with Crippen molar-refractivity contribution in [1.82, 2.24) is 5.32 Å². The second kappa shape index (κ2) is 5.11. The van der Waals surface area contributed by atoms with Crippen molar-refractivity contribution in [1.29, 1.82) is 0 Å². The number of amides is 1. The maximum atomic E-state index is 10.1. The molecule has 1 unspecified atom stereocenters. The molecule has 0 saturated carbocycles. The van der Waals surface area contributed by atoms with Gasteiger partial charge in [-0.25, -0.2) is 0 Å². The average molecular weight is 175 g/mol. The van der Waals surface area contributed by atoms with E-state index in [1.165, 1.54) is 0 Å². The molecule has 0 aromatic rings. The lowest BCUT2D eigenvalue weighted by atomic mass is 10.2. The van der Waals surface area contributed by atoms with Crippen LogP contribution in [0.3, 0.4) is 0 Å². The topological polar surface area (TPSA) is 58.6 Å². The summed E-state index contributed by atoms with van der Waals surface area (Å²) in [6.45, 7) is 5.68. The van der Waals surface area contributed by atoms with Crippen LogP contribution in [0.4, 0.5) is 0 Å². The van der Waals surface area contributed by atoms with Crippen molar-refractivity contribution in [2.24, 2.45) is 0 Å². The summed E-state index contributed by atoms with van der Waals surface area (Å²) in [5.74, 6) is 0. The molecule has 72 valence electrons. The molecule has 0 spiro atoms. The van der Waals surface area contributed by atoms with Gasteiger partial charge < -0.3 is 15.2 Å². The molecule has 0 fully saturated rings. The van der Waals surface area contributed by atoms with Gasteiger partial charge in [-0.1, -0.05) is 0 Å². The number of carbonyl (C=O) groups excluding carboxylic acids is 1. The highest BCUT2D eigenvalue weighted by molar-refractivity contribution is 5.46. The summed E-state index contributed by atoms with van der Waals surface area (Å²) in [6.07, 6.45) is 0.592. The van der Waals surface area contributed by atoms with Crippen LogP contribution in [0.2, 0.25) is 0 Å². The van der Waals surface area contributed by atoms with Crippen molar-refractivity contribution in [3.63, 3.8) is 0 Å². The quantitative estimate of drug-likeness (QED) is 0.465. The number of aliphatic hydroxyl groups is 1. The van der Waals surface area contributed by atoms with E-state index in [0.717, 1.165) is 0 Å². The van der Waals surface area contributed by atoms with Gasteiger partial charge in [-0.15, -0.1) is 0 Å². The maximum absolute atomic E-state index is 10.1. The molecule has 4 nitrogen and oxygen atoms in total. The van der Waals surface area contributed by atoms with Gasteiger partial charge >= 0.3 is 0 Å². The number of rotatable bonds is 5. The van der Waals surface area contributed by atoms with Gasteiger partial charge in [0.25, 0.3) is 0 Å². The fraction of sp³-hybridized carbons (Fsp3) is 0.875. The van der Waals surface area contributed by atoms with Gasteiger partial charge in [-0.05, 0) is 20.8 Å². The minimum Gasteiger partial charge on any atom is -0.396 e. The molecule has 0 heterocycles. The normalized spacial score (nSPS) is 14.0. The third-order valence-electron chi connectivity index (χ3n) is 1.14. The van der Waals surface area contributed by atoms with Crippen molar-refractivity contribution in [2.45, 2.75) is 39.0 Å². The first-order valence-corrected chi connectivity index (χ1v) is 3.98. The Balaban J connectivity index is 3.85. The molecule has 0 aliphatic rings. The lowest BCUT2D eigenvalue weighted by molar-refractivity contribution is -0.121. The van der Waals surface area contributed by atoms with Gasteiger partial charge in [0, 0.05) is 13.0 Å². The van der Waals surface area contributed by atoms with Gasteiger partial charge in [-0.3, -0.25) is 4.79 Å². The molecule has 0 aromatic carbocycles. The minimum absolute atomic E-state index is 0.00157. The van der Waals surface area contributed by atoms with Gasteiger partial charge in [-0.2, -0.15) is 0 Å². The molecule has 0 aliphatic heterocycles. The highest BCUT2D eigenvalue weighted by Crippen LogP contribution is 2.10. The first-order chi connectivity index (χ1) is 5.49. The van der Waals surface area contributed by atoms with Gasteiger partial charge in [0.2, 0.25) is 6.41 Å². The van der Waals surface area contributed by atoms with Crippen molar-refractivity contribution in [3.05, 3.63) is 0 Å². The van der Waals surface area contributed by atoms with E-state index < -0.39 is 6.23 Å². The lowest BCUT2D eigenvalue weighted by Gasteiger charge is -2.26. The predicted molar refractivity (Wildman–Crippen MR) is 45.5 cm³/mol. The predicted octanol–water partition coefficient (Wildman–Crippen LogP) is 0.256. The number of hydrogen-bond donors (Lipinski definition) is 2. The van der Waals surface area contributed by atoms with Crippen molar-refractivity contribution in [3.8, 4) is 0 Å². The van der Waals surface area contributed by atoms with Gasteiger partial charge in [0.1, 0.15) is 6.23 Å². The van der Waals surface area contributed by atoms with E-state index in [1.807, 2.05) is 20.8 Å². The van der Waals surface area contributed by atoms with E-state index in [-0.39, 0.29) is 12.2 Å². The van der Waals surface area contributed by atoms with Crippen LogP contribution < -0.4 is 5.32 Å². The third kappa shape index (κ3) is 6.12. The molecule has 0 rings (SSSR count). The Kier molecular flexibility index (Phi) is 4.85. The van der Waals surface area contributed by atoms with Crippen LogP contribution in [-0.4, -0.2) is 30.0 Å². The fourth-order valence-electron chi connectivity index (χ4n) is 0.796. The number of ether oxygens (including phenoxy) is 1. The van der Waals surface area contributed by atoms with E-state index >= 15 is 0 Å². The zero-order valence-corrected chi connectivity index (χ0v) is 7.83. The maximum Gasteiger partial charge on any atom is 0.209 e. The Bertz CT molecular complexity index is 131. The van der Waals surface area contributed by atoms with Crippen LogP contribution in [-0.2, 0) is 9.53 Å². The summed E-state index contributed by atoms with van der Waals surface area (Å²) in [4.78, 5) is 10.1. The number of nitrogens with one attached hydrogen (secondary N) is 1. The summed E-state index contributed by atoms with van der Waals surface area (Å²) in [5.41, 5.74) is -0.310. The third-order valence-corrected chi connectivity index (χ3v) is 1.14. The zero-order valence-electron chi connectivity index (χ0n) is 7.83. The highest BCUT2D eigenvalue weighted by Gasteiger charge is 2.17. The molecule has 0 radical (unpaired) electrons. The first-order valence-electron chi connectivity index (χ1n) is 3.98. The summed E-state index contributed by atoms with van der Waals surface area (Å²) in [6, 6.07) is 0. The minimum atomic E-state index is -0.396. The molecule has 1 atom stereocenters. The van der Waals surface area contributed by atoms with Crippen molar-refractivity contribution in [2.75, 3.05) is 6.61 Å². The van der Waals surface area contributed by atoms with Crippen LogP contribution >= 0.6 is 0 Å². The molecule has 1 amide bonds. The Morgan fingerprint density at radius 3 is 2.50 bits per heavy atom. The average Bonchev–Trinajstić information content (AvgIpc) is 1.84.